The third kappa shape index (κ3) is 3.54. The molecule has 1 fully saturated rings. The number of likely N-dealkylation sites (tertiary alicyclic amines) is 1. The molecule has 106 valence electrons. The average Bonchev–Trinajstić information content (AvgIpc) is 2.91. The number of hydrogen-bond acceptors (Lipinski definition) is 4. The van der Waals surface area contributed by atoms with Gasteiger partial charge in [0, 0.05) is 32.8 Å². The summed E-state index contributed by atoms with van der Waals surface area (Å²) in [5.41, 5.74) is 0. The number of rotatable bonds is 4. The maximum atomic E-state index is 11.9. The van der Waals surface area contributed by atoms with Gasteiger partial charge in [-0.05, 0) is 18.8 Å². The number of H-pyrrole nitrogens is 1. The Kier molecular flexibility index (Phi) is 4.20. The summed E-state index contributed by atoms with van der Waals surface area (Å²) in [7, 11) is -3.47. The Balaban J connectivity index is 1.83. The molecule has 0 spiro atoms. The molecule has 1 aromatic rings. The fourth-order valence-electron chi connectivity index (χ4n) is 2.15. The van der Waals surface area contributed by atoms with E-state index in [2.05, 4.69) is 14.9 Å². The van der Waals surface area contributed by atoms with Gasteiger partial charge in [0.1, 0.15) is 4.90 Å². The first-order chi connectivity index (χ1) is 8.99. The molecule has 1 aliphatic rings. The van der Waals surface area contributed by atoms with Crippen LogP contribution in [-0.2, 0) is 14.8 Å². The van der Waals surface area contributed by atoms with Gasteiger partial charge in [-0.3, -0.25) is 9.89 Å². The van der Waals surface area contributed by atoms with Crippen molar-refractivity contribution in [2.24, 2.45) is 5.92 Å². The van der Waals surface area contributed by atoms with Crippen LogP contribution in [0.1, 0.15) is 19.8 Å². The van der Waals surface area contributed by atoms with E-state index < -0.39 is 10.0 Å². The quantitative estimate of drug-likeness (QED) is 0.811. The summed E-state index contributed by atoms with van der Waals surface area (Å²) in [5.74, 6) is 0.356. The predicted octanol–water partition coefficient (Wildman–Crippen LogP) is -0.0535. The molecule has 1 saturated heterocycles. The molecule has 2 heterocycles. The minimum atomic E-state index is -3.47. The third-order valence-corrected chi connectivity index (χ3v) is 4.80. The smallest absolute Gasteiger partial charge is 0.243 e. The second kappa shape index (κ2) is 5.70. The lowest BCUT2D eigenvalue weighted by molar-refractivity contribution is -0.130. The summed E-state index contributed by atoms with van der Waals surface area (Å²) in [6.07, 6.45) is 4.28. The van der Waals surface area contributed by atoms with Crippen LogP contribution in [-0.4, -0.2) is 49.1 Å². The molecule has 2 N–H and O–H groups in total. The number of aromatic amines is 1. The van der Waals surface area contributed by atoms with E-state index in [0.717, 1.165) is 12.8 Å². The molecule has 0 saturated carbocycles. The fraction of sp³-hybridized carbons (Fsp3) is 0.636. The molecule has 8 heteroatoms. The number of carbonyl (C=O) groups is 1. The lowest BCUT2D eigenvalue weighted by Crippen LogP contribution is -2.40. The second-order valence-corrected chi connectivity index (χ2v) is 6.50. The average molecular weight is 286 g/mol. The summed E-state index contributed by atoms with van der Waals surface area (Å²) < 4.78 is 26.3. The normalized spacial score (nSPS) is 17.6. The number of nitrogens with one attached hydrogen (secondary N) is 2. The topological polar surface area (TPSA) is 95.2 Å². The Labute approximate surface area is 112 Å². The van der Waals surface area contributed by atoms with Crippen molar-refractivity contribution >= 4 is 15.9 Å². The van der Waals surface area contributed by atoms with Gasteiger partial charge in [0.25, 0.3) is 0 Å². The highest BCUT2D eigenvalue weighted by atomic mass is 32.2. The van der Waals surface area contributed by atoms with Gasteiger partial charge >= 0.3 is 0 Å². The highest BCUT2D eigenvalue weighted by Gasteiger charge is 2.23. The van der Waals surface area contributed by atoms with Crippen LogP contribution in [0.2, 0.25) is 0 Å². The molecule has 2 rings (SSSR count). The van der Waals surface area contributed by atoms with Gasteiger partial charge in [-0.25, -0.2) is 13.1 Å². The van der Waals surface area contributed by atoms with Crippen LogP contribution in [0.4, 0.5) is 0 Å². The van der Waals surface area contributed by atoms with Crippen molar-refractivity contribution in [3.63, 3.8) is 0 Å². The number of sulfonamides is 1. The van der Waals surface area contributed by atoms with Crippen molar-refractivity contribution in [3.8, 4) is 0 Å². The van der Waals surface area contributed by atoms with E-state index in [1.54, 1.807) is 11.8 Å². The van der Waals surface area contributed by atoms with Crippen LogP contribution in [0.25, 0.3) is 0 Å². The van der Waals surface area contributed by atoms with E-state index in [9.17, 15) is 13.2 Å². The van der Waals surface area contributed by atoms with Gasteiger partial charge < -0.3 is 4.90 Å². The van der Waals surface area contributed by atoms with Crippen molar-refractivity contribution < 1.29 is 13.2 Å². The highest BCUT2D eigenvalue weighted by molar-refractivity contribution is 7.89. The standard InChI is InChI=1S/C11H18N4O3S/c1-9(16)15-4-2-10(3-5-15)6-14-19(17,18)11-7-12-13-8-11/h7-8,10,14H,2-6H2,1H3,(H,12,13). The number of nitrogens with zero attached hydrogens (tertiary/aromatic N) is 2. The van der Waals surface area contributed by atoms with Crippen molar-refractivity contribution in [2.45, 2.75) is 24.7 Å². The second-order valence-electron chi connectivity index (χ2n) is 4.74. The van der Waals surface area contributed by atoms with Crippen molar-refractivity contribution in [1.82, 2.24) is 19.8 Å². The number of amides is 1. The van der Waals surface area contributed by atoms with Gasteiger partial charge in [0.15, 0.2) is 0 Å². The van der Waals surface area contributed by atoms with Gasteiger partial charge in [-0.15, -0.1) is 0 Å². The number of piperidine rings is 1. The van der Waals surface area contributed by atoms with Gasteiger partial charge in [-0.2, -0.15) is 5.10 Å². The molecule has 0 unspecified atom stereocenters. The Bertz CT molecular complexity index is 518. The van der Waals surface area contributed by atoms with Gasteiger partial charge in [0.2, 0.25) is 15.9 Å². The van der Waals surface area contributed by atoms with E-state index >= 15 is 0 Å². The Morgan fingerprint density at radius 1 is 1.53 bits per heavy atom. The summed E-state index contributed by atoms with van der Waals surface area (Å²) in [6.45, 7) is 3.36. The first-order valence-corrected chi connectivity index (χ1v) is 7.71. The third-order valence-electron chi connectivity index (χ3n) is 3.41. The lowest BCUT2D eigenvalue weighted by atomic mass is 9.97. The molecular weight excluding hydrogens is 268 g/mol. The SMILES string of the molecule is CC(=O)N1CCC(CNS(=O)(=O)c2cn[nH]c2)CC1. The number of aromatic nitrogens is 2. The molecule has 19 heavy (non-hydrogen) atoms. The van der Waals surface area contributed by atoms with Crippen LogP contribution in [0.15, 0.2) is 17.3 Å². The Morgan fingerprint density at radius 3 is 2.74 bits per heavy atom. The monoisotopic (exact) mass is 286 g/mol. The lowest BCUT2D eigenvalue weighted by Gasteiger charge is -2.31. The molecule has 0 bridgehead atoms. The van der Waals surface area contributed by atoms with Crippen molar-refractivity contribution in [1.29, 1.82) is 0 Å². The summed E-state index contributed by atoms with van der Waals surface area (Å²) in [5, 5.41) is 6.10. The van der Waals surface area contributed by atoms with Crippen LogP contribution < -0.4 is 4.72 Å². The van der Waals surface area contributed by atoms with Crippen LogP contribution >= 0.6 is 0 Å². The summed E-state index contributed by atoms with van der Waals surface area (Å²) >= 11 is 0. The van der Waals surface area contributed by atoms with Gasteiger partial charge in [-0.1, -0.05) is 0 Å². The fourth-order valence-corrected chi connectivity index (χ4v) is 3.17. The zero-order chi connectivity index (χ0) is 13.9. The van der Waals surface area contributed by atoms with Crippen molar-refractivity contribution in [3.05, 3.63) is 12.4 Å². The highest BCUT2D eigenvalue weighted by Crippen LogP contribution is 2.17. The molecule has 0 aromatic carbocycles. The molecular formula is C11H18N4O3S. The van der Waals surface area contributed by atoms with E-state index in [1.165, 1.54) is 12.4 Å². The first-order valence-electron chi connectivity index (χ1n) is 6.23. The van der Waals surface area contributed by atoms with Crippen molar-refractivity contribution in [2.75, 3.05) is 19.6 Å². The number of carbonyl (C=O) groups excluding carboxylic acids is 1. The van der Waals surface area contributed by atoms with Gasteiger partial charge in [0.05, 0.1) is 6.20 Å². The van der Waals surface area contributed by atoms with Crippen LogP contribution in [0.5, 0.6) is 0 Å². The largest absolute Gasteiger partial charge is 0.343 e. The zero-order valence-corrected chi connectivity index (χ0v) is 11.6. The first kappa shape index (κ1) is 14.0. The predicted molar refractivity (Wildman–Crippen MR) is 68.8 cm³/mol. The molecule has 7 nitrogen and oxygen atoms in total. The minimum absolute atomic E-state index is 0.0810. The van der Waals surface area contributed by atoms with E-state index in [0.29, 0.717) is 19.6 Å². The van der Waals surface area contributed by atoms with Crippen LogP contribution in [0.3, 0.4) is 0 Å². The maximum Gasteiger partial charge on any atom is 0.243 e. The number of hydrogen-bond donors (Lipinski definition) is 2. The Hall–Kier alpha value is -1.41. The Morgan fingerprint density at radius 2 is 2.21 bits per heavy atom. The summed E-state index contributed by atoms with van der Waals surface area (Å²) in [4.78, 5) is 13.1. The van der Waals surface area contributed by atoms with E-state index in [4.69, 9.17) is 0 Å². The maximum absolute atomic E-state index is 11.9. The molecule has 1 aliphatic heterocycles. The van der Waals surface area contributed by atoms with E-state index in [1.807, 2.05) is 0 Å². The molecule has 0 aliphatic carbocycles. The molecule has 1 amide bonds. The molecule has 0 radical (unpaired) electrons. The van der Waals surface area contributed by atoms with E-state index in [-0.39, 0.29) is 16.7 Å². The summed E-state index contributed by atoms with van der Waals surface area (Å²) in [6, 6.07) is 0. The zero-order valence-electron chi connectivity index (χ0n) is 10.8. The molecule has 1 aromatic heterocycles. The van der Waals surface area contributed by atoms with Crippen LogP contribution in [0, 0.1) is 5.92 Å². The minimum Gasteiger partial charge on any atom is -0.343 e. The molecule has 0 atom stereocenters.